The van der Waals surface area contributed by atoms with Crippen LogP contribution in [0.15, 0.2) is 34.7 Å². The van der Waals surface area contributed by atoms with Crippen LogP contribution >= 0.6 is 11.8 Å². The van der Waals surface area contributed by atoms with Gasteiger partial charge in [0.05, 0.1) is 11.1 Å². The first kappa shape index (κ1) is 20.7. The van der Waals surface area contributed by atoms with Crippen molar-refractivity contribution in [3.8, 4) is 0 Å². The summed E-state index contributed by atoms with van der Waals surface area (Å²) in [4.78, 5) is 5.22. The fraction of sp³-hybridized carbons (Fsp3) is 0.640. The largest absolute Gasteiger partial charge is 0.270 e. The first-order valence-corrected chi connectivity index (χ1v) is 11.7. The van der Waals surface area contributed by atoms with Crippen LogP contribution in [-0.2, 0) is 10.8 Å². The van der Waals surface area contributed by atoms with E-state index in [2.05, 4.69) is 71.2 Å². The van der Waals surface area contributed by atoms with Crippen molar-refractivity contribution >= 4 is 16.8 Å². The Bertz CT molecular complexity index is 720. The maximum atomic E-state index is 5.22. The molecule has 1 heterocycles. The predicted octanol–water partition coefficient (Wildman–Crippen LogP) is 7.95. The van der Waals surface area contributed by atoms with Gasteiger partial charge in [0.15, 0.2) is 0 Å². The van der Waals surface area contributed by atoms with E-state index in [-0.39, 0.29) is 16.9 Å². The predicted molar refractivity (Wildman–Crippen MR) is 122 cm³/mol. The second kappa shape index (κ2) is 8.15. The van der Waals surface area contributed by atoms with Gasteiger partial charge in [-0.25, -0.2) is 0 Å². The fourth-order valence-corrected chi connectivity index (χ4v) is 5.63. The molecule has 0 bridgehead atoms. The molecule has 1 aromatic carbocycles. The zero-order valence-corrected chi connectivity index (χ0v) is 19.0. The Kier molecular flexibility index (Phi) is 6.25. The van der Waals surface area contributed by atoms with Crippen molar-refractivity contribution in [2.75, 3.05) is 0 Å². The van der Waals surface area contributed by atoms with E-state index in [1.54, 1.807) is 5.56 Å². The third-order valence-corrected chi connectivity index (χ3v) is 7.53. The van der Waals surface area contributed by atoms with Gasteiger partial charge in [0.25, 0.3) is 0 Å². The lowest BCUT2D eigenvalue weighted by atomic mass is 9.63. The second-order valence-corrected chi connectivity index (χ2v) is 10.6. The van der Waals surface area contributed by atoms with Crippen LogP contribution in [0.4, 0.5) is 0 Å². The van der Waals surface area contributed by atoms with Gasteiger partial charge in [0.1, 0.15) is 0 Å². The number of fused-ring (bicyclic) bond motifs is 1. The lowest BCUT2D eigenvalue weighted by Gasteiger charge is -2.42. The van der Waals surface area contributed by atoms with Crippen LogP contribution in [0.2, 0.25) is 0 Å². The Balaban J connectivity index is 1.94. The van der Waals surface area contributed by atoms with Gasteiger partial charge in [-0.2, -0.15) is 0 Å². The molecule has 0 radical (unpaired) electrons. The fourth-order valence-electron chi connectivity index (χ4n) is 4.66. The molecule has 1 aromatic rings. The summed E-state index contributed by atoms with van der Waals surface area (Å²) in [5, 5.41) is 3.63. The van der Waals surface area contributed by atoms with Gasteiger partial charge in [-0.3, -0.25) is 4.99 Å². The van der Waals surface area contributed by atoms with E-state index in [0.29, 0.717) is 5.92 Å². The van der Waals surface area contributed by atoms with Gasteiger partial charge in [-0.1, -0.05) is 84.3 Å². The van der Waals surface area contributed by atoms with Crippen molar-refractivity contribution in [1.82, 2.24) is 0 Å². The highest BCUT2D eigenvalue weighted by molar-refractivity contribution is 8.16. The molecule has 0 N–H and O–H groups in total. The summed E-state index contributed by atoms with van der Waals surface area (Å²) in [6.45, 7) is 14.2. The van der Waals surface area contributed by atoms with Gasteiger partial charge in [0.2, 0.25) is 0 Å². The molecule has 1 unspecified atom stereocenters. The number of rotatable bonds is 6. The molecule has 0 saturated heterocycles. The first-order valence-electron chi connectivity index (χ1n) is 10.8. The maximum Gasteiger partial charge on any atom is 0.0948 e. The second-order valence-electron chi connectivity index (χ2n) is 9.71. The van der Waals surface area contributed by atoms with E-state index in [0.717, 1.165) is 0 Å². The molecule has 0 spiro atoms. The molecule has 0 saturated carbocycles. The summed E-state index contributed by atoms with van der Waals surface area (Å²) in [6.07, 6.45) is 9.80. The molecule has 1 nitrogen and oxygen atoms in total. The Morgan fingerprint density at radius 2 is 1.63 bits per heavy atom. The molecule has 2 heteroatoms. The van der Waals surface area contributed by atoms with Crippen molar-refractivity contribution in [1.29, 1.82) is 0 Å². The van der Waals surface area contributed by atoms with Crippen molar-refractivity contribution < 1.29 is 0 Å². The highest BCUT2D eigenvalue weighted by atomic mass is 32.2. The minimum atomic E-state index is 0.184. The van der Waals surface area contributed by atoms with Crippen LogP contribution in [0.1, 0.15) is 103 Å². The van der Waals surface area contributed by atoms with Crippen LogP contribution in [0.3, 0.4) is 0 Å². The zero-order valence-electron chi connectivity index (χ0n) is 18.1. The standard InChI is InChI=1S/C25H37NS/c1-7-9-18(10-8-2)23-26-22(13-16-27-23)19-11-12-20-21(17-19)25(5,6)15-14-24(20,3)4/h11-13,16-18,22H,7-10,14-15H2,1-6H3. The topological polar surface area (TPSA) is 12.4 Å². The third kappa shape index (κ3) is 4.36. The summed E-state index contributed by atoms with van der Waals surface area (Å²) < 4.78 is 0. The zero-order chi connectivity index (χ0) is 19.7. The van der Waals surface area contributed by atoms with Gasteiger partial charge in [-0.15, -0.1) is 0 Å². The van der Waals surface area contributed by atoms with E-state index in [4.69, 9.17) is 4.99 Å². The molecule has 0 amide bonds. The van der Waals surface area contributed by atoms with E-state index < -0.39 is 0 Å². The molecule has 1 atom stereocenters. The van der Waals surface area contributed by atoms with Crippen LogP contribution in [0.5, 0.6) is 0 Å². The van der Waals surface area contributed by atoms with Crippen LogP contribution in [-0.4, -0.2) is 5.04 Å². The average Bonchev–Trinajstić information content (AvgIpc) is 2.65. The highest BCUT2D eigenvalue weighted by Gasteiger charge is 2.37. The summed E-state index contributed by atoms with van der Waals surface area (Å²) >= 11 is 1.85. The Hall–Kier alpha value is -1.02. The minimum Gasteiger partial charge on any atom is -0.270 e. The number of benzene rings is 1. The lowest BCUT2D eigenvalue weighted by Crippen LogP contribution is -2.34. The van der Waals surface area contributed by atoms with Gasteiger partial charge < -0.3 is 0 Å². The van der Waals surface area contributed by atoms with E-state index in [1.807, 2.05) is 11.8 Å². The van der Waals surface area contributed by atoms with Gasteiger partial charge >= 0.3 is 0 Å². The molecule has 27 heavy (non-hydrogen) atoms. The molecule has 2 aliphatic rings. The van der Waals surface area contributed by atoms with Crippen LogP contribution in [0.25, 0.3) is 0 Å². The summed E-state index contributed by atoms with van der Waals surface area (Å²) in [6, 6.07) is 7.38. The number of aliphatic imine (C=N–C) groups is 1. The Morgan fingerprint density at radius 3 is 2.26 bits per heavy atom. The monoisotopic (exact) mass is 383 g/mol. The number of hydrogen-bond donors (Lipinski definition) is 0. The maximum absolute atomic E-state index is 5.22. The molecule has 0 aromatic heterocycles. The number of hydrogen-bond acceptors (Lipinski definition) is 2. The highest BCUT2D eigenvalue weighted by Crippen LogP contribution is 2.46. The molecule has 0 fully saturated rings. The Morgan fingerprint density at radius 1 is 1.00 bits per heavy atom. The van der Waals surface area contributed by atoms with E-state index in [9.17, 15) is 0 Å². The number of thioether (sulfide) groups is 1. The van der Waals surface area contributed by atoms with Gasteiger partial charge in [-0.05, 0) is 64.7 Å². The molecular weight excluding hydrogens is 346 g/mol. The lowest BCUT2D eigenvalue weighted by molar-refractivity contribution is 0.331. The third-order valence-electron chi connectivity index (χ3n) is 6.56. The quantitative estimate of drug-likeness (QED) is 0.485. The summed E-state index contributed by atoms with van der Waals surface area (Å²) in [7, 11) is 0. The molecule has 148 valence electrons. The molecular formula is C25H37NS. The smallest absolute Gasteiger partial charge is 0.0948 e. The summed E-state index contributed by atoms with van der Waals surface area (Å²) in [5.41, 5.74) is 4.98. The first-order chi connectivity index (χ1) is 12.8. The van der Waals surface area contributed by atoms with Crippen molar-refractivity contribution in [2.24, 2.45) is 10.9 Å². The molecule has 3 rings (SSSR count). The minimum absolute atomic E-state index is 0.184. The Labute approximate surface area is 171 Å². The molecule has 1 aliphatic carbocycles. The van der Waals surface area contributed by atoms with E-state index in [1.165, 1.54) is 54.7 Å². The van der Waals surface area contributed by atoms with Crippen molar-refractivity contribution in [2.45, 2.75) is 96.9 Å². The normalized spacial score (nSPS) is 23.2. The van der Waals surface area contributed by atoms with Crippen molar-refractivity contribution in [3.05, 3.63) is 46.4 Å². The van der Waals surface area contributed by atoms with Crippen LogP contribution in [0, 0.1) is 5.92 Å². The molecule has 1 aliphatic heterocycles. The van der Waals surface area contributed by atoms with Crippen LogP contribution < -0.4 is 0 Å². The van der Waals surface area contributed by atoms with Crippen molar-refractivity contribution in [3.63, 3.8) is 0 Å². The van der Waals surface area contributed by atoms with E-state index >= 15 is 0 Å². The average molecular weight is 384 g/mol. The van der Waals surface area contributed by atoms with Gasteiger partial charge in [0, 0.05) is 5.92 Å². The number of nitrogens with zero attached hydrogens (tertiary/aromatic N) is 1. The SMILES string of the molecule is CCCC(CCC)C1=NC(c2ccc3c(c2)C(C)(C)CCC3(C)C)C=CS1. The summed E-state index contributed by atoms with van der Waals surface area (Å²) in [5.74, 6) is 0.630.